The number of anilines is 1. The lowest BCUT2D eigenvalue weighted by Gasteiger charge is -2.10. The van der Waals surface area contributed by atoms with Crippen LogP contribution in [0.5, 0.6) is 11.5 Å². The van der Waals surface area contributed by atoms with Gasteiger partial charge in [-0.25, -0.2) is 0 Å². The number of methoxy groups -OCH3 is 2. The number of benzene rings is 2. The van der Waals surface area contributed by atoms with E-state index in [-0.39, 0.29) is 5.91 Å². The van der Waals surface area contributed by atoms with Crippen LogP contribution >= 0.6 is 11.8 Å². The quantitative estimate of drug-likeness (QED) is 0.836. The molecule has 0 atom stereocenters. The highest BCUT2D eigenvalue weighted by Crippen LogP contribution is 2.29. The normalized spacial score (nSPS) is 10.2. The Labute approximate surface area is 141 Å². The lowest BCUT2D eigenvalue weighted by Crippen LogP contribution is -2.14. The largest absolute Gasteiger partial charge is 0.493 e. The molecule has 2 aromatic carbocycles. The van der Waals surface area contributed by atoms with Gasteiger partial charge in [0.25, 0.3) is 0 Å². The first-order chi connectivity index (χ1) is 11.1. The van der Waals surface area contributed by atoms with Gasteiger partial charge in [0.2, 0.25) is 5.91 Å². The summed E-state index contributed by atoms with van der Waals surface area (Å²) in [6, 6.07) is 13.7. The van der Waals surface area contributed by atoms with E-state index in [1.54, 1.807) is 44.2 Å². The van der Waals surface area contributed by atoms with Crippen LogP contribution in [0.15, 0.2) is 42.5 Å². The number of amides is 1. The first kappa shape index (κ1) is 17.2. The van der Waals surface area contributed by atoms with Crippen LogP contribution in [-0.2, 0) is 10.5 Å². The average Bonchev–Trinajstić information content (AvgIpc) is 2.56. The number of carbonyl (C=O) groups excluding carboxylic acids is 1. The Bertz CT molecular complexity index is 656. The van der Waals surface area contributed by atoms with Crippen molar-refractivity contribution in [1.29, 1.82) is 0 Å². The van der Waals surface area contributed by atoms with Gasteiger partial charge >= 0.3 is 0 Å². The zero-order valence-corrected chi connectivity index (χ0v) is 14.4. The summed E-state index contributed by atoms with van der Waals surface area (Å²) in [5.74, 6) is 2.42. The molecule has 0 aliphatic carbocycles. The van der Waals surface area contributed by atoms with E-state index < -0.39 is 0 Å². The third kappa shape index (κ3) is 5.21. The zero-order valence-electron chi connectivity index (χ0n) is 13.6. The SMILES string of the molecule is COc1ccc(NC(=O)CSCc2ccc(C)cc2)cc1OC. The predicted molar refractivity (Wildman–Crippen MR) is 95.5 cm³/mol. The molecule has 23 heavy (non-hydrogen) atoms. The number of rotatable bonds is 7. The molecule has 0 bridgehead atoms. The second kappa shape index (κ2) is 8.48. The molecule has 0 unspecified atom stereocenters. The first-order valence-electron chi connectivity index (χ1n) is 7.27. The Balaban J connectivity index is 1.83. The van der Waals surface area contributed by atoms with E-state index in [0.29, 0.717) is 22.9 Å². The number of hydrogen-bond acceptors (Lipinski definition) is 4. The molecule has 0 aromatic heterocycles. The fourth-order valence-corrected chi connectivity index (χ4v) is 2.84. The summed E-state index contributed by atoms with van der Waals surface area (Å²) in [7, 11) is 3.15. The van der Waals surface area contributed by atoms with E-state index in [9.17, 15) is 4.79 Å². The minimum absolute atomic E-state index is 0.0330. The van der Waals surface area contributed by atoms with Crippen molar-refractivity contribution in [2.45, 2.75) is 12.7 Å². The summed E-state index contributed by atoms with van der Waals surface area (Å²) in [6.45, 7) is 2.06. The van der Waals surface area contributed by atoms with Crippen LogP contribution in [0, 0.1) is 6.92 Å². The van der Waals surface area contributed by atoms with Crippen molar-refractivity contribution < 1.29 is 14.3 Å². The average molecular weight is 331 g/mol. The smallest absolute Gasteiger partial charge is 0.234 e. The van der Waals surface area contributed by atoms with Crippen molar-refractivity contribution in [3.8, 4) is 11.5 Å². The molecule has 122 valence electrons. The highest BCUT2D eigenvalue weighted by Gasteiger charge is 2.07. The maximum atomic E-state index is 12.0. The number of hydrogen-bond donors (Lipinski definition) is 1. The Morgan fingerprint density at radius 1 is 1.04 bits per heavy atom. The maximum absolute atomic E-state index is 12.0. The van der Waals surface area contributed by atoms with Gasteiger partial charge in [-0.2, -0.15) is 0 Å². The van der Waals surface area contributed by atoms with Gasteiger partial charge in [0.1, 0.15) is 0 Å². The minimum Gasteiger partial charge on any atom is -0.493 e. The molecular weight excluding hydrogens is 310 g/mol. The highest BCUT2D eigenvalue weighted by molar-refractivity contribution is 7.99. The maximum Gasteiger partial charge on any atom is 0.234 e. The Morgan fingerprint density at radius 3 is 2.39 bits per heavy atom. The van der Waals surface area contributed by atoms with E-state index >= 15 is 0 Å². The van der Waals surface area contributed by atoms with Crippen LogP contribution < -0.4 is 14.8 Å². The van der Waals surface area contributed by atoms with Gasteiger partial charge in [-0.3, -0.25) is 4.79 Å². The predicted octanol–water partition coefficient (Wildman–Crippen LogP) is 3.88. The molecule has 0 aliphatic rings. The molecule has 5 heteroatoms. The molecule has 0 radical (unpaired) electrons. The van der Waals surface area contributed by atoms with Crippen LogP contribution in [0.1, 0.15) is 11.1 Å². The molecule has 0 saturated carbocycles. The van der Waals surface area contributed by atoms with E-state index in [0.717, 1.165) is 5.75 Å². The summed E-state index contributed by atoms with van der Waals surface area (Å²) in [6.07, 6.45) is 0. The van der Waals surface area contributed by atoms with E-state index in [1.807, 2.05) is 0 Å². The van der Waals surface area contributed by atoms with Crippen LogP contribution in [0.2, 0.25) is 0 Å². The molecule has 1 amide bonds. The van der Waals surface area contributed by atoms with Crippen LogP contribution in [0.4, 0.5) is 5.69 Å². The minimum atomic E-state index is -0.0330. The van der Waals surface area contributed by atoms with Gasteiger partial charge in [-0.05, 0) is 24.6 Å². The third-order valence-electron chi connectivity index (χ3n) is 3.29. The lowest BCUT2D eigenvalue weighted by atomic mass is 10.2. The van der Waals surface area contributed by atoms with Crippen LogP contribution in [-0.4, -0.2) is 25.9 Å². The molecular formula is C18H21NO3S. The number of ether oxygens (including phenoxy) is 2. The molecule has 0 spiro atoms. The Kier molecular flexibility index (Phi) is 6.35. The molecule has 0 heterocycles. The second-order valence-electron chi connectivity index (χ2n) is 5.10. The summed E-state index contributed by atoms with van der Waals surface area (Å²) in [5, 5.41) is 2.87. The molecule has 2 aromatic rings. The summed E-state index contributed by atoms with van der Waals surface area (Å²) < 4.78 is 10.4. The molecule has 1 N–H and O–H groups in total. The molecule has 2 rings (SSSR count). The van der Waals surface area contributed by atoms with Gasteiger partial charge in [0.15, 0.2) is 11.5 Å². The van der Waals surface area contributed by atoms with Crippen molar-refractivity contribution >= 4 is 23.4 Å². The highest BCUT2D eigenvalue weighted by atomic mass is 32.2. The van der Waals surface area contributed by atoms with Gasteiger partial charge in [0, 0.05) is 17.5 Å². The van der Waals surface area contributed by atoms with Crippen molar-refractivity contribution in [3.05, 3.63) is 53.6 Å². The number of carbonyl (C=O) groups is 1. The Hall–Kier alpha value is -2.14. The molecule has 0 aliphatic heterocycles. The van der Waals surface area contributed by atoms with Gasteiger partial charge in [-0.15, -0.1) is 11.8 Å². The van der Waals surface area contributed by atoms with E-state index in [2.05, 4.69) is 36.5 Å². The van der Waals surface area contributed by atoms with Gasteiger partial charge in [0.05, 0.1) is 20.0 Å². The van der Waals surface area contributed by atoms with Crippen molar-refractivity contribution in [3.63, 3.8) is 0 Å². The summed E-state index contributed by atoms with van der Waals surface area (Å²) in [4.78, 5) is 12.0. The molecule has 0 fully saturated rings. The topological polar surface area (TPSA) is 47.6 Å². The fraction of sp³-hybridized carbons (Fsp3) is 0.278. The number of nitrogens with one attached hydrogen (secondary N) is 1. The molecule has 4 nitrogen and oxygen atoms in total. The summed E-state index contributed by atoms with van der Waals surface area (Å²) in [5.41, 5.74) is 3.16. The van der Waals surface area contributed by atoms with E-state index in [4.69, 9.17) is 9.47 Å². The van der Waals surface area contributed by atoms with Gasteiger partial charge in [-0.1, -0.05) is 29.8 Å². The second-order valence-corrected chi connectivity index (χ2v) is 6.08. The fourth-order valence-electron chi connectivity index (χ4n) is 2.06. The third-order valence-corrected chi connectivity index (χ3v) is 4.29. The Morgan fingerprint density at radius 2 is 1.74 bits per heavy atom. The van der Waals surface area contributed by atoms with Crippen molar-refractivity contribution in [2.75, 3.05) is 25.3 Å². The number of thioether (sulfide) groups is 1. The number of aryl methyl sites for hydroxylation is 1. The van der Waals surface area contributed by atoms with Crippen LogP contribution in [0.3, 0.4) is 0 Å². The van der Waals surface area contributed by atoms with Gasteiger partial charge < -0.3 is 14.8 Å². The zero-order chi connectivity index (χ0) is 16.7. The monoisotopic (exact) mass is 331 g/mol. The van der Waals surface area contributed by atoms with Crippen molar-refractivity contribution in [1.82, 2.24) is 0 Å². The first-order valence-corrected chi connectivity index (χ1v) is 8.43. The summed E-state index contributed by atoms with van der Waals surface area (Å²) >= 11 is 1.59. The van der Waals surface area contributed by atoms with E-state index in [1.165, 1.54) is 11.1 Å². The lowest BCUT2D eigenvalue weighted by molar-refractivity contribution is -0.113. The standard InChI is InChI=1S/C18H21NO3S/c1-13-4-6-14(7-5-13)11-23-12-18(20)19-15-8-9-16(21-2)17(10-15)22-3/h4-10H,11-12H2,1-3H3,(H,19,20). The van der Waals surface area contributed by atoms with Crippen LogP contribution in [0.25, 0.3) is 0 Å². The molecule has 0 saturated heterocycles. The van der Waals surface area contributed by atoms with Crippen molar-refractivity contribution in [2.24, 2.45) is 0 Å².